The van der Waals surface area contributed by atoms with Crippen LogP contribution in [-0.4, -0.2) is 23.0 Å². The maximum absolute atomic E-state index is 11.9. The molecule has 1 amide bonds. The Kier molecular flexibility index (Phi) is 5.37. The number of rotatable bonds is 7. The Labute approximate surface area is 125 Å². The number of carboxylic acid groups (broad SMARTS) is 1. The lowest BCUT2D eigenvalue weighted by atomic mass is 9.80. The van der Waals surface area contributed by atoms with Gasteiger partial charge in [-0.05, 0) is 36.8 Å². The molecule has 1 aliphatic rings. The smallest absolute Gasteiger partial charge is 0.306 e. The average Bonchev–Trinajstić information content (AvgIpc) is 2.41. The first-order valence-electron chi connectivity index (χ1n) is 7.68. The fourth-order valence-corrected chi connectivity index (χ4v) is 2.61. The number of aliphatic carboxylic acids is 1. The van der Waals surface area contributed by atoms with Crippen molar-refractivity contribution in [1.29, 1.82) is 0 Å². The summed E-state index contributed by atoms with van der Waals surface area (Å²) in [5.74, 6) is -1.07. The van der Waals surface area contributed by atoms with Crippen LogP contribution in [0.3, 0.4) is 0 Å². The van der Waals surface area contributed by atoms with Gasteiger partial charge in [0.05, 0.1) is 12.3 Å². The summed E-state index contributed by atoms with van der Waals surface area (Å²) in [6.45, 7) is 2.17. The molecule has 0 atom stereocenters. The van der Waals surface area contributed by atoms with Gasteiger partial charge < -0.3 is 10.4 Å². The summed E-state index contributed by atoms with van der Waals surface area (Å²) in [6, 6.07) is 8.21. The number of amides is 1. The molecule has 1 fully saturated rings. The van der Waals surface area contributed by atoms with Gasteiger partial charge >= 0.3 is 5.97 Å². The highest BCUT2D eigenvalue weighted by molar-refractivity contribution is 5.79. The number of nitrogens with one attached hydrogen (secondary N) is 1. The third kappa shape index (κ3) is 4.59. The predicted octanol–water partition coefficient (Wildman–Crippen LogP) is 2.55. The van der Waals surface area contributed by atoms with Crippen LogP contribution in [-0.2, 0) is 22.4 Å². The maximum atomic E-state index is 11.9. The maximum Gasteiger partial charge on any atom is 0.306 e. The number of carbonyl (C=O) groups excluding carboxylic acids is 1. The third-order valence-electron chi connectivity index (χ3n) is 4.06. The average molecular weight is 289 g/mol. The summed E-state index contributed by atoms with van der Waals surface area (Å²) < 4.78 is 0. The molecular formula is C17H23NO3. The van der Waals surface area contributed by atoms with Gasteiger partial charge in [-0.3, -0.25) is 9.59 Å². The lowest BCUT2D eigenvalue weighted by Crippen LogP contribution is -2.47. The van der Waals surface area contributed by atoms with Crippen molar-refractivity contribution < 1.29 is 14.7 Å². The van der Waals surface area contributed by atoms with E-state index in [2.05, 4.69) is 24.4 Å². The molecule has 0 aliphatic heterocycles. The number of carboxylic acids is 1. The van der Waals surface area contributed by atoms with Crippen molar-refractivity contribution in [2.45, 2.75) is 51.5 Å². The van der Waals surface area contributed by atoms with Crippen LogP contribution in [0.4, 0.5) is 0 Å². The van der Waals surface area contributed by atoms with E-state index in [9.17, 15) is 9.59 Å². The second kappa shape index (κ2) is 7.25. The number of carbonyl (C=O) groups is 2. The van der Waals surface area contributed by atoms with Crippen LogP contribution in [0.5, 0.6) is 0 Å². The van der Waals surface area contributed by atoms with E-state index >= 15 is 0 Å². The lowest BCUT2D eigenvalue weighted by molar-refractivity contribution is -0.146. The Balaban J connectivity index is 1.74. The molecular weight excluding hydrogens is 266 g/mol. The van der Waals surface area contributed by atoms with Gasteiger partial charge in [-0.2, -0.15) is 0 Å². The molecule has 4 heteroatoms. The number of hydrogen-bond acceptors (Lipinski definition) is 2. The van der Waals surface area contributed by atoms with Crippen LogP contribution >= 0.6 is 0 Å². The molecule has 21 heavy (non-hydrogen) atoms. The minimum absolute atomic E-state index is 0.0230. The number of benzene rings is 1. The summed E-state index contributed by atoms with van der Waals surface area (Å²) in [4.78, 5) is 22.6. The van der Waals surface area contributed by atoms with Gasteiger partial charge in [-0.15, -0.1) is 0 Å². The van der Waals surface area contributed by atoms with Crippen LogP contribution in [0.25, 0.3) is 0 Å². The summed E-state index contributed by atoms with van der Waals surface area (Å²) in [5, 5.41) is 11.7. The SMILES string of the molecule is CCCCc1ccc(CC(=O)NC2CC(C(=O)O)C2)cc1. The van der Waals surface area contributed by atoms with Gasteiger partial charge in [0.2, 0.25) is 5.91 Å². The highest BCUT2D eigenvalue weighted by atomic mass is 16.4. The van der Waals surface area contributed by atoms with E-state index in [4.69, 9.17) is 5.11 Å². The molecule has 0 radical (unpaired) electrons. The van der Waals surface area contributed by atoms with E-state index < -0.39 is 5.97 Å². The highest BCUT2D eigenvalue weighted by Crippen LogP contribution is 2.27. The normalized spacial score (nSPS) is 20.6. The Hall–Kier alpha value is -1.84. The quantitative estimate of drug-likeness (QED) is 0.810. The Morgan fingerprint density at radius 3 is 2.38 bits per heavy atom. The first-order chi connectivity index (χ1) is 10.1. The lowest BCUT2D eigenvalue weighted by Gasteiger charge is -2.32. The first-order valence-corrected chi connectivity index (χ1v) is 7.68. The minimum atomic E-state index is -0.761. The molecule has 2 rings (SSSR count). The van der Waals surface area contributed by atoms with Crippen LogP contribution in [0, 0.1) is 5.92 Å². The predicted molar refractivity (Wildman–Crippen MR) is 81.0 cm³/mol. The largest absolute Gasteiger partial charge is 0.481 e. The Morgan fingerprint density at radius 2 is 1.81 bits per heavy atom. The van der Waals surface area contributed by atoms with E-state index in [0.29, 0.717) is 19.3 Å². The fourth-order valence-electron chi connectivity index (χ4n) is 2.61. The van der Waals surface area contributed by atoms with Crippen molar-refractivity contribution in [1.82, 2.24) is 5.32 Å². The second-order valence-corrected chi connectivity index (χ2v) is 5.87. The fraction of sp³-hybridized carbons (Fsp3) is 0.529. The minimum Gasteiger partial charge on any atom is -0.481 e. The van der Waals surface area contributed by atoms with E-state index in [1.165, 1.54) is 18.4 Å². The summed E-state index contributed by atoms with van der Waals surface area (Å²) in [7, 11) is 0. The summed E-state index contributed by atoms with van der Waals surface area (Å²) in [5.41, 5.74) is 2.31. The van der Waals surface area contributed by atoms with E-state index in [1.54, 1.807) is 0 Å². The number of unbranched alkanes of at least 4 members (excludes halogenated alkanes) is 1. The van der Waals surface area contributed by atoms with E-state index in [1.807, 2.05) is 12.1 Å². The van der Waals surface area contributed by atoms with Gasteiger partial charge in [0.25, 0.3) is 0 Å². The summed E-state index contributed by atoms with van der Waals surface area (Å²) >= 11 is 0. The Morgan fingerprint density at radius 1 is 1.19 bits per heavy atom. The number of aryl methyl sites for hydroxylation is 1. The zero-order valence-electron chi connectivity index (χ0n) is 12.5. The standard InChI is InChI=1S/C17H23NO3/c1-2-3-4-12-5-7-13(8-6-12)9-16(19)18-15-10-14(11-15)17(20)21/h5-8,14-15H,2-4,9-11H2,1H3,(H,18,19)(H,20,21). The zero-order valence-corrected chi connectivity index (χ0v) is 12.5. The van der Waals surface area contributed by atoms with Gasteiger partial charge in [-0.25, -0.2) is 0 Å². The molecule has 2 N–H and O–H groups in total. The molecule has 0 aromatic heterocycles. The van der Waals surface area contributed by atoms with Crippen LogP contribution in [0.15, 0.2) is 24.3 Å². The second-order valence-electron chi connectivity index (χ2n) is 5.87. The van der Waals surface area contributed by atoms with Gasteiger partial charge in [0.1, 0.15) is 0 Å². The Bertz CT molecular complexity index is 489. The summed E-state index contributed by atoms with van der Waals surface area (Å²) in [6.07, 6.45) is 4.92. The third-order valence-corrected chi connectivity index (χ3v) is 4.06. The molecule has 0 saturated heterocycles. The molecule has 0 heterocycles. The molecule has 0 unspecified atom stereocenters. The molecule has 0 bridgehead atoms. The molecule has 1 aromatic carbocycles. The van der Waals surface area contributed by atoms with Gasteiger partial charge in [-0.1, -0.05) is 37.6 Å². The topological polar surface area (TPSA) is 66.4 Å². The van der Waals surface area contributed by atoms with Crippen molar-refractivity contribution in [3.8, 4) is 0 Å². The molecule has 1 aromatic rings. The van der Waals surface area contributed by atoms with Crippen LogP contribution in [0.1, 0.15) is 43.7 Å². The molecule has 1 aliphatic carbocycles. The van der Waals surface area contributed by atoms with Gasteiger partial charge in [0, 0.05) is 6.04 Å². The zero-order chi connectivity index (χ0) is 15.2. The van der Waals surface area contributed by atoms with E-state index in [-0.39, 0.29) is 17.9 Å². The van der Waals surface area contributed by atoms with Gasteiger partial charge in [0.15, 0.2) is 0 Å². The molecule has 0 spiro atoms. The molecule has 1 saturated carbocycles. The number of hydrogen-bond donors (Lipinski definition) is 2. The monoisotopic (exact) mass is 289 g/mol. The van der Waals surface area contributed by atoms with Crippen LogP contribution in [0.2, 0.25) is 0 Å². The molecule has 114 valence electrons. The van der Waals surface area contributed by atoms with Crippen molar-refractivity contribution in [3.63, 3.8) is 0 Å². The van der Waals surface area contributed by atoms with Crippen molar-refractivity contribution in [2.75, 3.05) is 0 Å². The van der Waals surface area contributed by atoms with Crippen molar-refractivity contribution in [2.24, 2.45) is 5.92 Å². The highest BCUT2D eigenvalue weighted by Gasteiger charge is 2.35. The first kappa shape index (κ1) is 15.5. The van der Waals surface area contributed by atoms with Crippen molar-refractivity contribution >= 4 is 11.9 Å². The van der Waals surface area contributed by atoms with Crippen LogP contribution < -0.4 is 5.32 Å². The molecule has 4 nitrogen and oxygen atoms in total. The van der Waals surface area contributed by atoms with E-state index in [0.717, 1.165) is 12.0 Å². The van der Waals surface area contributed by atoms with Crippen molar-refractivity contribution in [3.05, 3.63) is 35.4 Å².